The summed E-state index contributed by atoms with van der Waals surface area (Å²) < 4.78 is 0. The third-order valence-electron chi connectivity index (χ3n) is 4.77. The van der Waals surface area contributed by atoms with Crippen LogP contribution in [0.5, 0.6) is 0 Å². The lowest BCUT2D eigenvalue weighted by atomic mass is 10.1. The van der Waals surface area contributed by atoms with E-state index in [4.69, 9.17) is 10.2 Å². The maximum atomic E-state index is 4.71. The summed E-state index contributed by atoms with van der Waals surface area (Å²) in [5, 5.41) is 13.0. The smallest absolute Gasteiger partial charge is 0.117 e. The Morgan fingerprint density at radius 1 is 1.17 bits per heavy atom. The van der Waals surface area contributed by atoms with E-state index in [-0.39, 0.29) is 0 Å². The zero-order valence-electron chi connectivity index (χ0n) is 14.9. The fourth-order valence-electron chi connectivity index (χ4n) is 3.52. The van der Waals surface area contributed by atoms with E-state index < -0.39 is 0 Å². The lowest BCUT2D eigenvalue weighted by molar-refractivity contribution is 0.259. The highest BCUT2D eigenvalue weighted by Crippen LogP contribution is 2.20. The molecule has 5 nitrogen and oxygen atoms in total. The van der Waals surface area contributed by atoms with Crippen LogP contribution in [0.1, 0.15) is 38.8 Å². The van der Waals surface area contributed by atoms with Crippen molar-refractivity contribution in [1.29, 1.82) is 0 Å². The maximum absolute atomic E-state index is 4.71. The molecule has 0 saturated carbocycles. The quantitative estimate of drug-likeness (QED) is 0.810. The first-order valence-corrected chi connectivity index (χ1v) is 9.26. The van der Waals surface area contributed by atoms with E-state index in [2.05, 4.69) is 48.3 Å². The maximum Gasteiger partial charge on any atom is 0.117 e. The van der Waals surface area contributed by atoms with Gasteiger partial charge in [-0.15, -0.1) is 0 Å². The number of aromatic nitrogens is 3. The molecule has 1 aromatic carbocycles. The number of nitrogens with zero attached hydrogens (tertiary/aromatic N) is 4. The molecule has 2 heterocycles. The standard InChI is InChI=1S/C19H29N5/c1-3-12-24-21-18(19(22-24)16-9-6-5-7-10-16)15-20-14-17-11-8-13-23(17)4-2/h5-7,9-10,17,20H,3-4,8,11-15H2,1-2H3/t17-/m1/s1. The molecule has 1 fully saturated rings. The molecule has 2 aromatic rings. The molecule has 1 atom stereocenters. The number of likely N-dealkylation sites (tertiary alicyclic amines) is 1. The van der Waals surface area contributed by atoms with Gasteiger partial charge in [-0.3, -0.25) is 4.90 Å². The second-order valence-electron chi connectivity index (χ2n) is 6.51. The van der Waals surface area contributed by atoms with Crippen molar-refractivity contribution in [3.8, 4) is 11.3 Å². The summed E-state index contributed by atoms with van der Waals surface area (Å²) in [6, 6.07) is 11.0. The Hall–Kier alpha value is -1.72. The minimum atomic E-state index is 0.667. The van der Waals surface area contributed by atoms with E-state index in [0.29, 0.717) is 6.04 Å². The molecule has 0 amide bonds. The van der Waals surface area contributed by atoms with Gasteiger partial charge in [-0.05, 0) is 32.4 Å². The van der Waals surface area contributed by atoms with Crippen LogP contribution in [0.4, 0.5) is 0 Å². The zero-order chi connectivity index (χ0) is 16.8. The van der Waals surface area contributed by atoms with Gasteiger partial charge in [0.1, 0.15) is 11.4 Å². The first-order chi connectivity index (χ1) is 11.8. The van der Waals surface area contributed by atoms with E-state index in [1.54, 1.807) is 0 Å². The molecule has 0 spiro atoms. The molecule has 1 aliphatic heterocycles. The zero-order valence-corrected chi connectivity index (χ0v) is 14.9. The minimum Gasteiger partial charge on any atom is -0.309 e. The highest BCUT2D eigenvalue weighted by molar-refractivity contribution is 5.60. The van der Waals surface area contributed by atoms with Gasteiger partial charge in [-0.2, -0.15) is 15.0 Å². The van der Waals surface area contributed by atoms with E-state index in [9.17, 15) is 0 Å². The number of likely N-dealkylation sites (N-methyl/N-ethyl adjacent to an activating group) is 1. The normalized spacial score (nSPS) is 18.3. The number of hydrogen-bond donors (Lipinski definition) is 1. The molecule has 3 rings (SSSR count). The van der Waals surface area contributed by atoms with E-state index in [0.717, 1.165) is 49.6 Å². The Morgan fingerprint density at radius 2 is 2.00 bits per heavy atom. The van der Waals surface area contributed by atoms with Crippen molar-refractivity contribution in [2.45, 2.75) is 52.2 Å². The fourth-order valence-corrected chi connectivity index (χ4v) is 3.52. The topological polar surface area (TPSA) is 46.0 Å². The SMILES string of the molecule is CCCn1nc(CNC[C@H]2CCCN2CC)c(-c2ccccc2)n1. The molecule has 5 heteroatoms. The van der Waals surface area contributed by atoms with Crippen LogP contribution in [0, 0.1) is 0 Å². The van der Waals surface area contributed by atoms with E-state index >= 15 is 0 Å². The van der Waals surface area contributed by atoms with Gasteiger partial charge in [0.25, 0.3) is 0 Å². The summed E-state index contributed by atoms with van der Waals surface area (Å²) in [7, 11) is 0. The number of benzene rings is 1. The van der Waals surface area contributed by atoms with Crippen molar-refractivity contribution >= 4 is 0 Å². The van der Waals surface area contributed by atoms with Crippen molar-refractivity contribution < 1.29 is 0 Å². The monoisotopic (exact) mass is 327 g/mol. The molecular weight excluding hydrogens is 298 g/mol. The molecule has 1 aromatic heterocycles. The minimum absolute atomic E-state index is 0.667. The Balaban J connectivity index is 1.67. The van der Waals surface area contributed by atoms with Gasteiger partial charge in [0.2, 0.25) is 0 Å². The summed E-state index contributed by atoms with van der Waals surface area (Å²) in [6.45, 7) is 9.47. The number of aryl methyl sites for hydroxylation is 1. The lowest BCUT2D eigenvalue weighted by Crippen LogP contribution is -2.37. The van der Waals surface area contributed by atoms with Crippen LogP contribution in [-0.2, 0) is 13.1 Å². The summed E-state index contributed by atoms with van der Waals surface area (Å²) in [5.41, 5.74) is 3.21. The molecule has 0 radical (unpaired) electrons. The van der Waals surface area contributed by atoms with Crippen molar-refractivity contribution in [3.05, 3.63) is 36.0 Å². The van der Waals surface area contributed by atoms with Crippen LogP contribution in [0.3, 0.4) is 0 Å². The summed E-state index contributed by atoms with van der Waals surface area (Å²) in [5.74, 6) is 0. The van der Waals surface area contributed by atoms with Crippen LogP contribution in [0.2, 0.25) is 0 Å². The van der Waals surface area contributed by atoms with E-state index in [1.165, 1.54) is 19.4 Å². The molecule has 130 valence electrons. The predicted octanol–water partition coefficient (Wildman–Crippen LogP) is 2.93. The third kappa shape index (κ3) is 4.02. The van der Waals surface area contributed by atoms with Gasteiger partial charge in [-0.1, -0.05) is 44.2 Å². The van der Waals surface area contributed by atoms with Crippen molar-refractivity contribution in [2.24, 2.45) is 0 Å². The highest BCUT2D eigenvalue weighted by Gasteiger charge is 2.22. The average Bonchev–Trinajstić information content (AvgIpc) is 3.23. The van der Waals surface area contributed by atoms with E-state index in [1.807, 2.05) is 10.9 Å². The van der Waals surface area contributed by atoms with Crippen LogP contribution >= 0.6 is 0 Å². The van der Waals surface area contributed by atoms with Gasteiger partial charge in [-0.25, -0.2) is 0 Å². The second kappa shape index (κ2) is 8.40. The first kappa shape index (κ1) is 17.1. The predicted molar refractivity (Wildman–Crippen MR) is 97.7 cm³/mol. The van der Waals surface area contributed by atoms with Crippen LogP contribution in [-0.4, -0.2) is 45.6 Å². The third-order valence-corrected chi connectivity index (χ3v) is 4.77. The molecule has 1 saturated heterocycles. The first-order valence-electron chi connectivity index (χ1n) is 9.26. The average molecular weight is 327 g/mol. The molecular formula is C19H29N5. The highest BCUT2D eigenvalue weighted by atomic mass is 15.5. The molecule has 0 aliphatic carbocycles. The fraction of sp³-hybridized carbons (Fsp3) is 0.579. The van der Waals surface area contributed by atoms with Crippen molar-refractivity contribution in [3.63, 3.8) is 0 Å². The number of nitrogens with one attached hydrogen (secondary N) is 1. The molecule has 1 aliphatic rings. The Kier molecular flexibility index (Phi) is 5.99. The van der Waals surface area contributed by atoms with Gasteiger partial charge in [0, 0.05) is 24.7 Å². The van der Waals surface area contributed by atoms with Gasteiger partial charge in [0.05, 0.1) is 6.54 Å². The number of hydrogen-bond acceptors (Lipinski definition) is 4. The largest absolute Gasteiger partial charge is 0.309 e. The Morgan fingerprint density at radius 3 is 2.75 bits per heavy atom. The van der Waals surface area contributed by atoms with Crippen molar-refractivity contribution in [2.75, 3.05) is 19.6 Å². The lowest BCUT2D eigenvalue weighted by Gasteiger charge is -2.22. The number of rotatable bonds is 8. The van der Waals surface area contributed by atoms with Crippen LogP contribution < -0.4 is 5.32 Å². The van der Waals surface area contributed by atoms with Crippen molar-refractivity contribution in [1.82, 2.24) is 25.2 Å². The van der Waals surface area contributed by atoms with Crippen LogP contribution in [0.25, 0.3) is 11.3 Å². The summed E-state index contributed by atoms with van der Waals surface area (Å²) in [6.07, 6.45) is 3.67. The Labute approximate surface area is 145 Å². The molecule has 24 heavy (non-hydrogen) atoms. The summed E-state index contributed by atoms with van der Waals surface area (Å²) >= 11 is 0. The van der Waals surface area contributed by atoms with Gasteiger partial charge >= 0.3 is 0 Å². The van der Waals surface area contributed by atoms with Crippen LogP contribution in [0.15, 0.2) is 30.3 Å². The summed E-state index contributed by atoms with van der Waals surface area (Å²) in [4.78, 5) is 4.41. The van der Waals surface area contributed by atoms with Gasteiger partial charge in [0.15, 0.2) is 0 Å². The Bertz CT molecular complexity index is 622. The second-order valence-corrected chi connectivity index (χ2v) is 6.51. The van der Waals surface area contributed by atoms with Gasteiger partial charge < -0.3 is 5.32 Å². The molecule has 1 N–H and O–H groups in total. The molecule has 0 bridgehead atoms. The molecule has 0 unspecified atom stereocenters.